The van der Waals surface area contributed by atoms with Crippen LogP contribution in [-0.2, 0) is 12.8 Å². The fourth-order valence-electron chi connectivity index (χ4n) is 3.44. The van der Waals surface area contributed by atoms with E-state index in [0.29, 0.717) is 5.92 Å². The first-order chi connectivity index (χ1) is 13.5. The van der Waals surface area contributed by atoms with Gasteiger partial charge in [-0.1, -0.05) is 54.6 Å². The SMILES string of the molecule is CC#N.CN(CCCc1ccc(C2CC(Cl)C2Cl)cc1)CCc1ccccc1. The van der Waals surface area contributed by atoms with Crippen LogP contribution in [0.2, 0.25) is 0 Å². The van der Waals surface area contributed by atoms with Gasteiger partial charge in [-0.15, -0.1) is 23.2 Å². The maximum atomic E-state index is 7.32. The summed E-state index contributed by atoms with van der Waals surface area (Å²) in [5.74, 6) is 0.433. The van der Waals surface area contributed by atoms with Gasteiger partial charge in [0.05, 0.1) is 16.8 Å². The van der Waals surface area contributed by atoms with Crippen molar-refractivity contribution < 1.29 is 0 Å². The maximum Gasteiger partial charge on any atom is 0.0587 e. The molecular weight excluding hydrogens is 387 g/mol. The van der Waals surface area contributed by atoms with Crippen molar-refractivity contribution in [3.05, 3.63) is 71.3 Å². The Bertz CT molecular complexity index is 725. The zero-order chi connectivity index (χ0) is 20.4. The molecule has 28 heavy (non-hydrogen) atoms. The summed E-state index contributed by atoms with van der Waals surface area (Å²) in [7, 11) is 2.21. The smallest absolute Gasteiger partial charge is 0.0587 e. The van der Waals surface area contributed by atoms with Crippen molar-refractivity contribution in [2.75, 3.05) is 20.1 Å². The summed E-state index contributed by atoms with van der Waals surface area (Å²) < 4.78 is 0. The van der Waals surface area contributed by atoms with Gasteiger partial charge in [-0.05, 0) is 56.0 Å². The van der Waals surface area contributed by atoms with E-state index in [0.717, 1.165) is 32.4 Å². The molecule has 0 bridgehead atoms. The van der Waals surface area contributed by atoms with Crippen LogP contribution in [0, 0.1) is 11.3 Å². The third kappa shape index (κ3) is 7.13. The summed E-state index contributed by atoms with van der Waals surface area (Å²) in [5, 5.41) is 7.54. The fourth-order valence-corrected chi connectivity index (χ4v) is 4.16. The van der Waals surface area contributed by atoms with Crippen molar-refractivity contribution in [3.63, 3.8) is 0 Å². The molecule has 2 aromatic rings. The molecule has 0 spiro atoms. The molecule has 2 aromatic carbocycles. The lowest BCUT2D eigenvalue weighted by Crippen LogP contribution is -2.36. The molecule has 2 nitrogen and oxygen atoms in total. The Morgan fingerprint density at radius 1 is 0.964 bits per heavy atom. The van der Waals surface area contributed by atoms with Crippen molar-refractivity contribution in [3.8, 4) is 6.07 Å². The van der Waals surface area contributed by atoms with E-state index in [4.69, 9.17) is 28.5 Å². The predicted molar refractivity (Wildman–Crippen MR) is 120 cm³/mol. The summed E-state index contributed by atoms with van der Waals surface area (Å²) >= 11 is 12.4. The summed E-state index contributed by atoms with van der Waals surface area (Å²) in [6, 6.07) is 21.4. The Morgan fingerprint density at radius 2 is 1.57 bits per heavy atom. The molecule has 0 aliphatic heterocycles. The number of hydrogen-bond donors (Lipinski definition) is 0. The fraction of sp³-hybridized carbons (Fsp3) is 0.458. The van der Waals surface area contributed by atoms with E-state index in [1.165, 1.54) is 30.0 Å². The van der Waals surface area contributed by atoms with E-state index in [9.17, 15) is 0 Å². The molecule has 0 saturated heterocycles. The van der Waals surface area contributed by atoms with E-state index in [1.807, 2.05) is 0 Å². The largest absolute Gasteiger partial charge is 0.306 e. The number of rotatable bonds is 8. The molecule has 3 atom stereocenters. The summed E-state index contributed by atoms with van der Waals surface area (Å²) in [4.78, 5) is 2.43. The third-order valence-corrected chi connectivity index (χ3v) is 6.43. The quantitative estimate of drug-likeness (QED) is 0.491. The van der Waals surface area contributed by atoms with Gasteiger partial charge in [0.2, 0.25) is 0 Å². The molecule has 3 rings (SSSR count). The van der Waals surface area contributed by atoms with Gasteiger partial charge >= 0.3 is 0 Å². The van der Waals surface area contributed by atoms with Crippen LogP contribution in [0.25, 0.3) is 0 Å². The van der Waals surface area contributed by atoms with Crippen molar-refractivity contribution in [1.82, 2.24) is 4.90 Å². The Balaban J connectivity index is 0.000000878. The minimum Gasteiger partial charge on any atom is -0.306 e. The van der Waals surface area contributed by atoms with Crippen molar-refractivity contribution >= 4 is 23.2 Å². The average Bonchev–Trinajstić information content (AvgIpc) is 2.72. The van der Waals surface area contributed by atoms with Crippen LogP contribution in [0.1, 0.15) is 42.4 Å². The summed E-state index contributed by atoms with van der Waals surface area (Å²) in [6.07, 6.45) is 4.44. The average molecular weight is 417 g/mol. The van der Waals surface area contributed by atoms with Crippen molar-refractivity contribution in [1.29, 1.82) is 5.26 Å². The lowest BCUT2D eigenvalue weighted by molar-refractivity contribution is 0.333. The zero-order valence-electron chi connectivity index (χ0n) is 16.8. The van der Waals surface area contributed by atoms with Gasteiger partial charge in [-0.25, -0.2) is 0 Å². The normalized spacial score (nSPS) is 20.6. The van der Waals surface area contributed by atoms with Gasteiger partial charge in [0.1, 0.15) is 0 Å². The Morgan fingerprint density at radius 3 is 2.14 bits per heavy atom. The van der Waals surface area contributed by atoms with E-state index in [2.05, 4.69) is 66.5 Å². The highest BCUT2D eigenvalue weighted by atomic mass is 35.5. The Hall–Kier alpha value is -1.53. The highest BCUT2D eigenvalue weighted by Crippen LogP contribution is 2.44. The van der Waals surface area contributed by atoms with Crippen LogP contribution < -0.4 is 0 Å². The first kappa shape index (κ1) is 22.8. The summed E-state index contributed by atoms with van der Waals surface area (Å²) in [5.41, 5.74) is 4.16. The lowest BCUT2D eigenvalue weighted by atomic mass is 9.78. The molecule has 150 valence electrons. The van der Waals surface area contributed by atoms with E-state index >= 15 is 0 Å². The van der Waals surface area contributed by atoms with Crippen molar-refractivity contribution in [2.24, 2.45) is 0 Å². The number of likely N-dealkylation sites (N-methyl/N-ethyl adjacent to an activating group) is 1. The second-order valence-electron chi connectivity index (χ2n) is 7.41. The minimum atomic E-state index is 0.0887. The molecule has 1 aliphatic carbocycles. The molecule has 1 aliphatic rings. The highest BCUT2D eigenvalue weighted by Gasteiger charge is 2.39. The molecule has 0 aromatic heterocycles. The molecular formula is C24H30Cl2N2. The standard InChI is InChI=1S/C22H27Cl2N.C2H3N/c1-25(15-13-17-6-3-2-4-7-17)14-5-8-18-9-11-19(12-10-18)20-16-21(23)22(20)24;1-2-3/h2-4,6-7,9-12,20-22H,5,8,13-16H2,1H3;1H3. The van der Waals surface area contributed by atoms with Crippen LogP contribution in [0.3, 0.4) is 0 Å². The number of alkyl halides is 2. The molecule has 1 saturated carbocycles. The third-order valence-electron chi connectivity index (χ3n) is 5.25. The van der Waals surface area contributed by atoms with Crippen LogP contribution in [-0.4, -0.2) is 35.8 Å². The number of nitrogens with zero attached hydrogens (tertiary/aromatic N) is 2. The monoisotopic (exact) mass is 416 g/mol. The number of nitriles is 1. The van der Waals surface area contributed by atoms with Gasteiger partial charge in [-0.3, -0.25) is 0 Å². The van der Waals surface area contributed by atoms with Gasteiger partial charge in [-0.2, -0.15) is 5.26 Å². The molecule has 0 N–H and O–H groups in total. The van der Waals surface area contributed by atoms with Crippen molar-refractivity contribution in [2.45, 2.75) is 49.3 Å². The Kier molecular flexibility index (Phi) is 9.85. The van der Waals surface area contributed by atoms with Crippen LogP contribution >= 0.6 is 23.2 Å². The summed E-state index contributed by atoms with van der Waals surface area (Å²) in [6.45, 7) is 3.68. The maximum absolute atomic E-state index is 7.32. The van der Waals surface area contributed by atoms with Crippen LogP contribution in [0.5, 0.6) is 0 Å². The van der Waals surface area contributed by atoms with Gasteiger partial charge in [0.15, 0.2) is 0 Å². The van der Waals surface area contributed by atoms with Gasteiger partial charge in [0.25, 0.3) is 0 Å². The highest BCUT2D eigenvalue weighted by molar-refractivity contribution is 6.31. The number of hydrogen-bond acceptors (Lipinski definition) is 2. The van der Waals surface area contributed by atoms with Crippen LogP contribution in [0.15, 0.2) is 54.6 Å². The minimum absolute atomic E-state index is 0.0887. The molecule has 0 amide bonds. The van der Waals surface area contributed by atoms with Gasteiger partial charge < -0.3 is 4.90 Å². The van der Waals surface area contributed by atoms with E-state index in [-0.39, 0.29) is 10.8 Å². The Labute approximate surface area is 180 Å². The van der Waals surface area contributed by atoms with E-state index < -0.39 is 0 Å². The first-order valence-corrected chi connectivity index (χ1v) is 10.8. The molecule has 3 unspecified atom stereocenters. The molecule has 1 fully saturated rings. The van der Waals surface area contributed by atoms with Crippen LogP contribution in [0.4, 0.5) is 0 Å². The molecule has 0 radical (unpaired) electrons. The topological polar surface area (TPSA) is 27.0 Å². The molecule has 4 heteroatoms. The first-order valence-electron chi connectivity index (χ1n) is 9.95. The van der Waals surface area contributed by atoms with E-state index in [1.54, 1.807) is 6.07 Å². The molecule has 0 heterocycles. The predicted octanol–water partition coefficient (Wildman–Crippen LogP) is 6.03. The van der Waals surface area contributed by atoms with Gasteiger partial charge in [0, 0.05) is 19.4 Å². The number of halogens is 2. The zero-order valence-corrected chi connectivity index (χ0v) is 18.3. The second-order valence-corrected chi connectivity index (χ2v) is 8.47. The number of aryl methyl sites for hydroxylation is 1. The number of benzene rings is 2. The lowest BCUT2D eigenvalue weighted by Gasteiger charge is -2.37. The second kappa shape index (κ2) is 12.1.